The van der Waals surface area contributed by atoms with Gasteiger partial charge >= 0.3 is 0 Å². The molecule has 6 aromatic carbocycles. The number of pyridine rings is 1. The summed E-state index contributed by atoms with van der Waals surface area (Å²) < 4.78 is 1.75. The molecular formula is C56H65NO2. The average Bonchev–Trinajstić information content (AvgIpc) is 3.28. The Morgan fingerprint density at radius 1 is 0.576 bits per heavy atom. The smallest absolute Gasteiger partial charge is 0.263 e. The first-order chi connectivity index (χ1) is 28.9. The third-order valence-corrected chi connectivity index (χ3v) is 10.5. The molecule has 0 spiro atoms. The number of hydrogen-bond acceptors (Lipinski definition) is 2. The van der Waals surface area contributed by atoms with Crippen LogP contribution in [0.4, 0.5) is 0 Å². The molecule has 0 amide bonds. The summed E-state index contributed by atoms with van der Waals surface area (Å²) in [6.07, 6.45) is 12.1. The Bertz CT molecular complexity index is 2400. The van der Waals surface area contributed by atoms with Crippen LogP contribution in [0.5, 0.6) is 0 Å². The van der Waals surface area contributed by atoms with Crippen LogP contribution in [0.15, 0.2) is 168 Å². The Balaban J connectivity index is 0.000000358. The van der Waals surface area contributed by atoms with E-state index in [2.05, 4.69) is 70.2 Å². The van der Waals surface area contributed by atoms with E-state index in [1.54, 1.807) is 22.3 Å². The lowest BCUT2D eigenvalue weighted by molar-refractivity contribution is 0.103. The van der Waals surface area contributed by atoms with Gasteiger partial charge in [-0.1, -0.05) is 201 Å². The van der Waals surface area contributed by atoms with Crippen LogP contribution in [0.1, 0.15) is 116 Å². The maximum absolute atomic E-state index is 13.8. The van der Waals surface area contributed by atoms with Gasteiger partial charge in [-0.2, -0.15) is 0 Å². The monoisotopic (exact) mass is 784 g/mol. The number of aromatic nitrogens is 1. The lowest BCUT2D eigenvalue weighted by Gasteiger charge is -2.22. The molecule has 0 saturated heterocycles. The van der Waals surface area contributed by atoms with E-state index in [1.807, 2.05) is 131 Å². The third kappa shape index (κ3) is 12.1. The van der Waals surface area contributed by atoms with E-state index < -0.39 is 0 Å². The van der Waals surface area contributed by atoms with Gasteiger partial charge in [-0.3, -0.25) is 14.2 Å². The predicted molar refractivity (Wildman–Crippen MR) is 257 cm³/mol. The van der Waals surface area contributed by atoms with Crippen LogP contribution < -0.4 is 5.56 Å². The Kier molecular flexibility index (Phi) is 18.8. The Labute approximate surface area is 354 Å². The highest BCUT2D eigenvalue weighted by atomic mass is 16.1. The van der Waals surface area contributed by atoms with E-state index in [-0.39, 0.29) is 11.3 Å². The summed E-state index contributed by atoms with van der Waals surface area (Å²) in [5.74, 6) is 1.06. The number of ketones is 1. The van der Waals surface area contributed by atoms with Crippen molar-refractivity contribution in [2.24, 2.45) is 5.92 Å². The van der Waals surface area contributed by atoms with Crippen molar-refractivity contribution in [1.29, 1.82) is 0 Å². The van der Waals surface area contributed by atoms with Gasteiger partial charge in [-0.05, 0) is 95.8 Å². The lowest BCUT2D eigenvalue weighted by Crippen LogP contribution is -2.19. The maximum atomic E-state index is 13.8. The van der Waals surface area contributed by atoms with E-state index in [0.29, 0.717) is 22.2 Å². The molecule has 9 rings (SSSR count). The van der Waals surface area contributed by atoms with Crippen LogP contribution in [-0.4, -0.2) is 10.4 Å². The Hall–Kier alpha value is -5.80. The van der Waals surface area contributed by atoms with Crippen molar-refractivity contribution in [3.8, 4) is 27.9 Å². The molecule has 2 aliphatic rings. The number of carbonyl (C=O) groups is 1. The average molecular weight is 784 g/mol. The van der Waals surface area contributed by atoms with Crippen molar-refractivity contribution in [2.45, 2.75) is 100 Å². The van der Waals surface area contributed by atoms with E-state index in [9.17, 15) is 9.59 Å². The summed E-state index contributed by atoms with van der Waals surface area (Å²) in [7, 11) is 0. The zero-order valence-electron chi connectivity index (χ0n) is 36.8. The van der Waals surface area contributed by atoms with Gasteiger partial charge in [-0.15, -0.1) is 0 Å². The normalized spacial score (nSPS) is 12.4. The van der Waals surface area contributed by atoms with Crippen LogP contribution in [0, 0.1) is 5.92 Å². The highest BCUT2D eigenvalue weighted by molar-refractivity contribution is 6.10. The molecule has 3 heteroatoms. The second-order valence-electron chi connectivity index (χ2n) is 14.6. The van der Waals surface area contributed by atoms with Gasteiger partial charge in [0.15, 0.2) is 5.78 Å². The summed E-state index contributed by atoms with van der Waals surface area (Å²) in [6.45, 7) is 16.7. The summed E-state index contributed by atoms with van der Waals surface area (Å²) in [5.41, 5.74) is 8.60. The number of allylic oxidation sites excluding steroid dienone is 2. The molecule has 1 aromatic heterocycles. The first kappa shape index (κ1) is 45.9. The van der Waals surface area contributed by atoms with Gasteiger partial charge in [0.2, 0.25) is 0 Å². The lowest BCUT2D eigenvalue weighted by atomic mass is 9.84. The van der Waals surface area contributed by atoms with Gasteiger partial charge in [0.25, 0.3) is 5.56 Å². The standard InChI is InChI=1S/C38H25NO2.C6H12.C5H8.C3H8.2C2H6/c40-37(29-17-15-28(16-18-29)26-9-3-1-4-10-26)30-19-22-32(23-20-30)39-36-24-21-31(27-11-5-2-6-12-27)25-35(36)33-13-7-8-14-34(33)38(39)41;1-2-6-4-3-5-6;1-5-3-2-4-5;1-3-2;2*1-2/h1-25H;6H,2-5H2,1H3;3H,2,4H2,1H3;3H2,1-2H3;2*1-2H3. The zero-order chi connectivity index (χ0) is 42.6. The largest absolute Gasteiger partial charge is 0.289 e. The van der Waals surface area contributed by atoms with Gasteiger partial charge < -0.3 is 0 Å². The topological polar surface area (TPSA) is 39.1 Å². The van der Waals surface area contributed by atoms with Crippen molar-refractivity contribution in [2.75, 3.05) is 0 Å². The van der Waals surface area contributed by atoms with E-state index in [1.165, 1.54) is 44.9 Å². The SMILES string of the molecule is CC.CC.CC1=CCC1.CCC.CCC1CCC1.O=C(c1ccc(-c2ccccc2)cc1)c1ccc(-n2c(=O)c3ccccc3c3cc(-c4ccccc4)ccc32)cc1. The number of rotatable bonds is 6. The molecule has 1 heterocycles. The first-order valence-electron chi connectivity index (χ1n) is 22.0. The molecule has 3 nitrogen and oxygen atoms in total. The molecule has 0 atom stereocenters. The molecule has 0 N–H and O–H groups in total. The molecule has 2 aliphatic carbocycles. The highest BCUT2D eigenvalue weighted by Crippen LogP contribution is 2.31. The summed E-state index contributed by atoms with van der Waals surface area (Å²) >= 11 is 0. The van der Waals surface area contributed by atoms with Crippen LogP contribution >= 0.6 is 0 Å². The van der Waals surface area contributed by atoms with Crippen LogP contribution in [0.25, 0.3) is 49.6 Å². The number of carbonyl (C=O) groups excluding carboxylic acids is 1. The molecule has 0 bridgehead atoms. The molecule has 1 fully saturated rings. The predicted octanol–water partition coefficient (Wildman–Crippen LogP) is 16.1. The molecule has 0 aliphatic heterocycles. The van der Waals surface area contributed by atoms with E-state index in [0.717, 1.165) is 44.5 Å². The molecule has 0 unspecified atom stereocenters. The van der Waals surface area contributed by atoms with Crippen LogP contribution in [0.3, 0.4) is 0 Å². The second kappa shape index (κ2) is 24.2. The molecule has 306 valence electrons. The zero-order valence-corrected chi connectivity index (χ0v) is 36.8. The number of benzene rings is 6. The summed E-state index contributed by atoms with van der Waals surface area (Å²) in [5, 5.41) is 2.58. The quantitative estimate of drug-likeness (QED) is 0.0957. The Morgan fingerprint density at radius 2 is 1.02 bits per heavy atom. The molecule has 7 aromatic rings. The van der Waals surface area contributed by atoms with Gasteiger partial charge in [0.1, 0.15) is 0 Å². The molecular weight excluding hydrogens is 719 g/mol. The summed E-state index contributed by atoms with van der Waals surface area (Å²) in [4.78, 5) is 27.1. The van der Waals surface area contributed by atoms with E-state index >= 15 is 0 Å². The maximum Gasteiger partial charge on any atom is 0.263 e. The number of nitrogens with zero attached hydrogens (tertiary/aromatic N) is 1. The number of fused-ring (bicyclic) bond motifs is 3. The van der Waals surface area contributed by atoms with Gasteiger partial charge in [-0.25, -0.2) is 0 Å². The number of hydrogen-bond donors (Lipinski definition) is 0. The fourth-order valence-corrected chi connectivity index (χ4v) is 6.85. The fourth-order valence-electron chi connectivity index (χ4n) is 6.85. The minimum Gasteiger partial charge on any atom is -0.289 e. The fraction of sp³-hybridized carbons (Fsp3) is 0.286. The van der Waals surface area contributed by atoms with E-state index in [4.69, 9.17) is 0 Å². The van der Waals surface area contributed by atoms with Crippen LogP contribution in [-0.2, 0) is 0 Å². The Morgan fingerprint density at radius 3 is 1.46 bits per heavy atom. The minimum atomic E-state index is -0.0869. The van der Waals surface area contributed by atoms with Gasteiger partial charge in [0, 0.05) is 27.6 Å². The van der Waals surface area contributed by atoms with Crippen molar-refractivity contribution in [1.82, 2.24) is 4.57 Å². The minimum absolute atomic E-state index is 0.0561. The third-order valence-electron chi connectivity index (χ3n) is 10.5. The summed E-state index contributed by atoms with van der Waals surface area (Å²) in [6, 6.07) is 49.3. The van der Waals surface area contributed by atoms with Gasteiger partial charge in [0.05, 0.1) is 5.52 Å². The molecule has 1 saturated carbocycles. The van der Waals surface area contributed by atoms with Crippen molar-refractivity contribution in [3.05, 3.63) is 185 Å². The first-order valence-corrected chi connectivity index (χ1v) is 22.0. The van der Waals surface area contributed by atoms with Crippen molar-refractivity contribution in [3.63, 3.8) is 0 Å². The molecule has 0 radical (unpaired) electrons. The highest BCUT2D eigenvalue weighted by Gasteiger charge is 2.15. The van der Waals surface area contributed by atoms with Crippen LogP contribution in [0.2, 0.25) is 0 Å². The molecule has 59 heavy (non-hydrogen) atoms. The van der Waals surface area contributed by atoms with Crippen molar-refractivity contribution < 1.29 is 4.79 Å². The second-order valence-corrected chi connectivity index (χ2v) is 14.6. The van der Waals surface area contributed by atoms with Crippen molar-refractivity contribution >= 4 is 27.5 Å².